The Hall–Kier alpha value is -1.81. The first-order chi connectivity index (χ1) is 8.25. The van der Waals surface area contributed by atoms with Crippen LogP contribution in [-0.2, 0) is 11.2 Å². The van der Waals surface area contributed by atoms with Gasteiger partial charge in [-0.05, 0) is 24.3 Å². The van der Waals surface area contributed by atoms with Crippen molar-refractivity contribution < 1.29 is 9.21 Å². The summed E-state index contributed by atoms with van der Waals surface area (Å²) in [7, 11) is 0. The summed E-state index contributed by atoms with van der Waals surface area (Å²) in [5.74, 6) is 1.04. The van der Waals surface area contributed by atoms with Crippen LogP contribution in [0.5, 0.6) is 0 Å². The number of nitrogens with one attached hydrogen (secondary N) is 1. The van der Waals surface area contributed by atoms with Crippen molar-refractivity contribution >= 4 is 23.3 Å². The molecule has 0 unspecified atom stereocenters. The number of anilines is 1. The summed E-state index contributed by atoms with van der Waals surface area (Å²) >= 11 is 5.87. The van der Waals surface area contributed by atoms with Gasteiger partial charge in [0.15, 0.2) is 5.82 Å². The first-order valence-electron chi connectivity index (χ1n) is 5.18. The van der Waals surface area contributed by atoms with Gasteiger partial charge in [0.05, 0.1) is 11.3 Å². The number of hydrogen-bond acceptors (Lipinski definition) is 3. The molecule has 0 fully saturated rings. The lowest BCUT2D eigenvalue weighted by atomic mass is 10.2. The Morgan fingerprint density at radius 3 is 3.00 bits per heavy atom. The molecule has 17 heavy (non-hydrogen) atoms. The Kier molecular flexibility index (Phi) is 3.77. The highest BCUT2D eigenvalue weighted by Crippen LogP contribution is 2.17. The van der Waals surface area contributed by atoms with E-state index in [0.29, 0.717) is 23.7 Å². The number of carbonyl (C=O) groups excluding carboxylic acids is 1. The minimum absolute atomic E-state index is 0.137. The van der Waals surface area contributed by atoms with Crippen LogP contribution in [0.1, 0.15) is 12.2 Å². The smallest absolute Gasteiger partial charge is 0.226 e. The van der Waals surface area contributed by atoms with Crippen molar-refractivity contribution in [2.24, 2.45) is 0 Å². The van der Waals surface area contributed by atoms with Gasteiger partial charge in [0.2, 0.25) is 5.91 Å². The van der Waals surface area contributed by atoms with Gasteiger partial charge in [-0.3, -0.25) is 4.79 Å². The highest BCUT2D eigenvalue weighted by Gasteiger charge is 2.07. The van der Waals surface area contributed by atoms with Gasteiger partial charge >= 0.3 is 0 Å². The topological polar surface area (TPSA) is 55.1 Å². The molecule has 0 aliphatic rings. The molecule has 0 bridgehead atoms. The van der Waals surface area contributed by atoms with Crippen LogP contribution >= 0.6 is 11.6 Å². The number of rotatable bonds is 4. The van der Waals surface area contributed by atoms with Crippen LogP contribution in [-0.4, -0.2) is 10.9 Å². The molecule has 2 aromatic rings. The molecule has 0 saturated heterocycles. The Morgan fingerprint density at radius 2 is 2.29 bits per heavy atom. The summed E-state index contributed by atoms with van der Waals surface area (Å²) < 4.78 is 5.14. The van der Waals surface area contributed by atoms with E-state index in [0.717, 1.165) is 5.76 Å². The molecular formula is C12H11ClN2O2. The zero-order valence-electron chi connectivity index (χ0n) is 9.02. The fourth-order valence-corrected chi connectivity index (χ4v) is 1.53. The number of amides is 1. The lowest BCUT2D eigenvalue weighted by Gasteiger charge is -2.04. The maximum atomic E-state index is 11.6. The zero-order valence-corrected chi connectivity index (χ0v) is 9.78. The molecule has 5 heteroatoms. The number of carbonyl (C=O) groups is 1. The van der Waals surface area contributed by atoms with Crippen molar-refractivity contribution in [1.29, 1.82) is 0 Å². The van der Waals surface area contributed by atoms with E-state index >= 15 is 0 Å². The molecule has 0 aliphatic carbocycles. The largest absolute Gasteiger partial charge is 0.469 e. The van der Waals surface area contributed by atoms with Gasteiger partial charge in [0.1, 0.15) is 5.76 Å². The van der Waals surface area contributed by atoms with Gasteiger partial charge in [0.25, 0.3) is 0 Å². The molecule has 88 valence electrons. The van der Waals surface area contributed by atoms with E-state index in [2.05, 4.69) is 10.3 Å². The van der Waals surface area contributed by atoms with Gasteiger partial charge in [-0.15, -0.1) is 0 Å². The molecular weight excluding hydrogens is 240 g/mol. The van der Waals surface area contributed by atoms with Crippen LogP contribution in [0, 0.1) is 0 Å². The maximum Gasteiger partial charge on any atom is 0.226 e. The van der Waals surface area contributed by atoms with Crippen LogP contribution in [0.3, 0.4) is 0 Å². The van der Waals surface area contributed by atoms with Gasteiger partial charge in [0, 0.05) is 19.0 Å². The van der Waals surface area contributed by atoms with Crippen LogP contribution in [0.25, 0.3) is 0 Å². The molecule has 2 rings (SSSR count). The monoisotopic (exact) mass is 250 g/mol. The Bertz CT molecular complexity index is 497. The normalized spacial score (nSPS) is 10.2. The maximum absolute atomic E-state index is 11.6. The number of nitrogens with zero attached hydrogens (tertiary/aromatic N) is 1. The van der Waals surface area contributed by atoms with Crippen LogP contribution in [0.2, 0.25) is 5.02 Å². The van der Waals surface area contributed by atoms with Crippen molar-refractivity contribution in [2.75, 3.05) is 5.32 Å². The van der Waals surface area contributed by atoms with Crippen molar-refractivity contribution in [3.8, 4) is 0 Å². The summed E-state index contributed by atoms with van der Waals surface area (Å²) in [5.41, 5.74) is 0. The third kappa shape index (κ3) is 3.32. The van der Waals surface area contributed by atoms with Gasteiger partial charge in [-0.1, -0.05) is 11.6 Å². The summed E-state index contributed by atoms with van der Waals surface area (Å²) in [4.78, 5) is 15.6. The van der Waals surface area contributed by atoms with E-state index in [9.17, 15) is 4.79 Å². The second-order valence-corrected chi connectivity index (χ2v) is 3.87. The number of hydrogen-bond donors (Lipinski definition) is 1. The lowest BCUT2D eigenvalue weighted by Crippen LogP contribution is -2.13. The molecule has 0 saturated carbocycles. The molecule has 4 nitrogen and oxygen atoms in total. The molecule has 1 amide bonds. The quantitative estimate of drug-likeness (QED) is 0.908. The number of pyridine rings is 1. The predicted molar refractivity (Wildman–Crippen MR) is 64.9 cm³/mol. The summed E-state index contributed by atoms with van der Waals surface area (Å²) in [6.45, 7) is 0. The van der Waals surface area contributed by atoms with E-state index in [1.165, 1.54) is 0 Å². The third-order valence-electron chi connectivity index (χ3n) is 2.19. The molecule has 0 radical (unpaired) electrons. The van der Waals surface area contributed by atoms with Crippen LogP contribution in [0.15, 0.2) is 41.1 Å². The molecule has 0 atom stereocenters. The van der Waals surface area contributed by atoms with Crippen molar-refractivity contribution in [3.05, 3.63) is 47.5 Å². The van der Waals surface area contributed by atoms with E-state index in [1.807, 2.05) is 6.07 Å². The predicted octanol–water partition coefficient (Wildman–Crippen LogP) is 2.90. The van der Waals surface area contributed by atoms with Crippen LogP contribution in [0.4, 0.5) is 5.82 Å². The number of furan rings is 1. The molecule has 2 heterocycles. The molecule has 0 aliphatic heterocycles. The fourth-order valence-electron chi connectivity index (χ4n) is 1.36. The number of halogens is 1. The second-order valence-electron chi connectivity index (χ2n) is 3.46. The van der Waals surface area contributed by atoms with E-state index in [1.54, 1.807) is 30.7 Å². The standard InChI is InChI=1S/C12H11ClN2O2/c13-10-4-1-7-14-12(10)15-11(16)6-5-9-3-2-8-17-9/h1-4,7-8H,5-6H2,(H,14,15,16). The number of aromatic nitrogens is 1. The summed E-state index contributed by atoms with van der Waals surface area (Å²) in [6, 6.07) is 7.02. The summed E-state index contributed by atoms with van der Waals surface area (Å²) in [6.07, 6.45) is 4.06. The second kappa shape index (κ2) is 5.50. The molecule has 2 aromatic heterocycles. The third-order valence-corrected chi connectivity index (χ3v) is 2.50. The first-order valence-corrected chi connectivity index (χ1v) is 5.56. The van der Waals surface area contributed by atoms with Crippen molar-refractivity contribution in [1.82, 2.24) is 4.98 Å². The molecule has 0 spiro atoms. The van der Waals surface area contributed by atoms with E-state index in [4.69, 9.17) is 16.0 Å². The van der Waals surface area contributed by atoms with E-state index < -0.39 is 0 Å². The highest BCUT2D eigenvalue weighted by molar-refractivity contribution is 6.33. The molecule has 0 aromatic carbocycles. The van der Waals surface area contributed by atoms with Gasteiger partial charge < -0.3 is 9.73 Å². The zero-order chi connectivity index (χ0) is 12.1. The molecule has 1 N–H and O–H groups in total. The Morgan fingerprint density at radius 1 is 1.41 bits per heavy atom. The number of aryl methyl sites for hydroxylation is 1. The first kappa shape index (κ1) is 11.7. The summed E-state index contributed by atoms with van der Waals surface area (Å²) in [5, 5.41) is 3.08. The van der Waals surface area contributed by atoms with E-state index in [-0.39, 0.29) is 5.91 Å². The Labute approximate surface area is 104 Å². The average molecular weight is 251 g/mol. The highest BCUT2D eigenvalue weighted by atomic mass is 35.5. The average Bonchev–Trinajstić information content (AvgIpc) is 2.82. The SMILES string of the molecule is O=C(CCc1ccco1)Nc1ncccc1Cl. The van der Waals surface area contributed by atoms with Gasteiger partial charge in [-0.25, -0.2) is 4.98 Å². The fraction of sp³-hybridized carbons (Fsp3) is 0.167. The van der Waals surface area contributed by atoms with Crippen molar-refractivity contribution in [2.45, 2.75) is 12.8 Å². The van der Waals surface area contributed by atoms with Gasteiger partial charge in [-0.2, -0.15) is 0 Å². The lowest BCUT2D eigenvalue weighted by molar-refractivity contribution is -0.116. The minimum Gasteiger partial charge on any atom is -0.469 e. The Balaban J connectivity index is 1.87. The van der Waals surface area contributed by atoms with Crippen LogP contribution < -0.4 is 5.32 Å². The van der Waals surface area contributed by atoms with Crippen molar-refractivity contribution in [3.63, 3.8) is 0 Å². The minimum atomic E-state index is -0.137.